The van der Waals surface area contributed by atoms with E-state index in [2.05, 4.69) is 10.6 Å². The van der Waals surface area contributed by atoms with Gasteiger partial charge in [0.2, 0.25) is 5.91 Å². The van der Waals surface area contributed by atoms with Gasteiger partial charge in [0.05, 0.1) is 23.7 Å². The number of nitrogens with one attached hydrogen (secondary N) is 2. The smallest absolute Gasteiger partial charge is 0.303 e. The first-order valence-corrected chi connectivity index (χ1v) is 12.4. The van der Waals surface area contributed by atoms with Gasteiger partial charge < -0.3 is 15.7 Å². The topological polar surface area (TPSA) is 108 Å². The number of aryl methyl sites for hydroxylation is 1. The van der Waals surface area contributed by atoms with Crippen LogP contribution >= 0.6 is 0 Å². The second kappa shape index (κ2) is 10.6. The molecule has 4 aromatic rings. The van der Waals surface area contributed by atoms with Crippen LogP contribution in [0.15, 0.2) is 78.9 Å². The molecule has 37 heavy (non-hydrogen) atoms. The molecule has 0 bridgehead atoms. The number of hydrogen-bond acceptors (Lipinski definition) is 4. The number of unbranched alkanes of at least 4 members (excludes halogenated alkanes) is 1. The second-order valence-electron chi connectivity index (χ2n) is 9.24. The zero-order valence-electron chi connectivity index (χ0n) is 20.2. The van der Waals surface area contributed by atoms with Crippen LogP contribution in [0.1, 0.15) is 53.2 Å². The van der Waals surface area contributed by atoms with Crippen LogP contribution in [0.5, 0.6) is 0 Å². The minimum absolute atomic E-state index is 0.132. The molecule has 0 saturated heterocycles. The number of benzene rings is 3. The molecule has 1 aromatic heterocycles. The standard InChI is InChI=1S/C30H27N3O4/c34-27-18-26(23-11-5-6-12-25(23)31-27)33-30(37)21-14-15-24-22(17-21)16-20(10-4-7-13-28(35)36)29(32-24)19-8-2-1-3-9-19/h1-3,5-6,8-9,11-12,14-17,26H,4,7,10,13,18H2,(H,31,34)(H,33,37)(H,35,36). The van der Waals surface area contributed by atoms with Crippen LogP contribution in [0.3, 0.4) is 0 Å². The minimum Gasteiger partial charge on any atom is -0.481 e. The maximum Gasteiger partial charge on any atom is 0.303 e. The van der Waals surface area contributed by atoms with Crippen LogP contribution in [0.4, 0.5) is 5.69 Å². The van der Waals surface area contributed by atoms with Crippen molar-refractivity contribution in [2.75, 3.05) is 5.32 Å². The Balaban J connectivity index is 1.43. The Labute approximate surface area is 214 Å². The molecule has 2 heterocycles. The van der Waals surface area contributed by atoms with Crippen molar-refractivity contribution in [3.63, 3.8) is 0 Å². The summed E-state index contributed by atoms with van der Waals surface area (Å²) in [6.45, 7) is 0. The number of amides is 2. The summed E-state index contributed by atoms with van der Waals surface area (Å²) in [5.41, 5.74) is 5.73. The van der Waals surface area contributed by atoms with Crippen molar-refractivity contribution in [2.45, 2.75) is 38.1 Å². The van der Waals surface area contributed by atoms with Crippen LogP contribution in [-0.4, -0.2) is 27.9 Å². The van der Waals surface area contributed by atoms with E-state index < -0.39 is 12.0 Å². The summed E-state index contributed by atoms with van der Waals surface area (Å²) in [7, 11) is 0. The van der Waals surface area contributed by atoms with Gasteiger partial charge in [0.1, 0.15) is 0 Å². The fourth-order valence-corrected chi connectivity index (χ4v) is 4.77. The highest BCUT2D eigenvalue weighted by Crippen LogP contribution is 2.31. The molecule has 1 aliphatic heterocycles. The number of carboxylic acids is 1. The van der Waals surface area contributed by atoms with E-state index in [1.807, 2.05) is 72.8 Å². The van der Waals surface area contributed by atoms with Gasteiger partial charge in [-0.05, 0) is 60.7 Å². The van der Waals surface area contributed by atoms with Crippen LogP contribution in [0, 0.1) is 0 Å². The molecular weight excluding hydrogens is 466 g/mol. The van der Waals surface area contributed by atoms with E-state index in [1.165, 1.54) is 0 Å². The van der Waals surface area contributed by atoms with E-state index >= 15 is 0 Å². The molecular formula is C30H27N3O4. The summed E-state index contributed by atoms with van der Waals surface area (Å²) >= 11 is 0. The van der Waals surface area contributed by atoms with Gasteiger partial charge in [-0.25, -0.2) is 4.98 Å². The molecule has 5 rings (SSSR count). The number of carbonyl (C=O) groups excluding carboxylic acids is 2. The summed E-state index contributed by atoms with van der Waals surface area (Å²) in [5.74, 6) is -1.19. The Kier molecular flexibility index (Phi) is 6.94. The zero-order chi connectivity index (χ0) is 25.8. The second-order valence-corrected chi connectivity index (χ2v) is 9.24. The first-order valence-electron chi connectivity index (χ1n) is 12.4. The van der Waals surface area contributed by atoms with E-state index in [0.717, 1.165) is 39.7 Å². The first-order chi connectivity index (χ1) is 18.0. The lowest BCUT2D eigenvalue weighted by atomic mass is 9.96. The predicted octanol–water partition coefficient (Wildman–Crippen LogP) is 5.51. The molecule has 1 aliphatic rings. The van der Waals surface area contributed by atoms with Crippen molar-refractivity contribution in [2.24, 2.45) is 0 Å². The van der Waals surface area contributed by atoms with E-state index in [0.29, 0.717) is 24.1 Å². The molecule has 0 spiro atoms. The Morgan fingerprint density at radius 1 is 0.973 bits per heavy atom. The summed E-state index contributed by atoms with van der Waals surface area (Å²) in [4.78, 5) is 41.2. The number of aromatic nitrogens is 1. The highest BCUT2D eigenvalue weighted by Gasteiger charge is 2.26. The lowest BCUT2D eigenvalue weighted by Gasteiger charge is -2.26. The van der Waals surface area contributed by atoms with E-state index in [4.69, 9.17) is 10.1 Å². The Hall–Kier alpha value is -4.52. The number of carbonyl (C=O) groups is 3. The number of anilines is 1. The van der Waals surface area contributed by atoms with E-state index in [1.54, 1.807) is 6.07 Å². The molecule has 0 saturated carbocycles. The SMILES string of the molecule is O=C(O)CCCCc1cc2cc(C(=O)NC3CC(=O)Nc4ccccc43)ccc2nc1-c1ccccc1. The highest BCUT2D eigenvalue weighted by molar-refractivity contribution is 6.00. The van der Waals surface area contributed by atoms with Gasteiger partial charge in [-0.3, -0.25) is 14.4 Å². The van der Waals surface area contributed by atoms with Crippen molar-refractivity contribution < 1.29 is 19.5 Å². The van der Waals surface area contributed by atoms with Gasteiger partial charge in [0.15, 0.2) is 0 Å². The van der Waals surface area contributed by atoms with Crippen LogP contribution < -0.4 is 10.6 Å². The molecule has 0 aliphatic carbocycles. The zero-order valence-corrected chi connectivity index (χ0v) is 20.2. The molecule has 1 atom stereocenters. The van der Waals surface area contributed by atoms with Crippen molar-refractivity contribution in [3.05, 3.63) is 95.6 Å². The van der Waals surface area contributed by atoms with E-state index in [-0.39, 0.29) is 24.7 Å². The normalized spacial score (nSPS) is 14.6. The molecule has 2 amide bonds. The van der Waals surface area contributed by atoms with Gasteiger partial charge >= 0.3 is 5.97 Å². The molecule has 3 aromatic carbocycles. The third-order valence-electron chi connectivity index (χ3n) is 6.59. The fraction of sp³-hybridized carbons (Fsp3) is 0.200. The first kappa shape index (κ1) is 24.2. The summed E-state index contributed by atoms with van der Waals surface area (Å²) < 4.78 is 0. The highest BCUT2D eigenvalue weighted by atomic mass is 16.4. The Morgan fingerprint density at radius 3 is 2.57 bits per heavy atom. The van der Waals surface area contributed by atoms with Crippen molar-refractivity contribution >= 4 is 34.4 Å². The Morgan fingerprint density at radius 2 is 1.76 bits per heavy atom. The molecule has 7 heteroatoms. The third kappa shape index (κ3) is 5.51. The third-order valence-corrected chi connectivity index (χ3v) is 6.59. The van der Waals surface area contributed by atoms with Crippen molar-refractivity contribution in [1.29, 1.82) is 0 Å². The average molecular weight is 494 g/mol. The number of rotatable bonds is 8. The fourth-order valence-electron chi connectivity index (χ4n) is 4.77. The average Bonchev–Trinajstić information content (AvgIpc) is 2.90. The number of carboxylic acid groups (broad SMARTS) is 1. The van der Waals surface area contributed by atoms with Crippen LogP contribution in [0.25, 0.3) is 22.2 Å². The van der Waals surface area contributed by atoms with Gasteiger partial charge in [0, 0.05) is 28.6 Å². The summed E-state index contributed by atoms with van der Waals surface area (Å²) in [6, 6.07) is 24.4. The molecule has 1 unspecified atom stereocenters. The maximum atomic E-state index is 13.2. The molecule has 3 N–H and O–H groups in total. The monoisotopic (exact) mass is 493 g/mol. The van der Waals surface area contributed by atoms with Gasteiger partial charge in [-0.1, -0.05) is 48.5 Å². The summed E-state index contributed by atoms with van der Waals surface area (Å²) in [6.07, 6.45) is 2.31. The number of aliphatic carboxylic acids is 1. The number of pyridine rings is 1. The quantitative estimate of drug-likeness (QED) is 0.280. The van der Waals surface area contributed by atoms with Crippen molar-refractivity contribution in [1.82, 2.24) is 10.3 Å². The minimum atomic E-state index is -0.798. The molecule has 7 nitrogen and oxygen atoms in total. The lowest BCUT2D eigenvalue weighted by molar-refractivity contribution is -0.137. The predicted molar refractivity (Wildman–Crippen MR) is 142 cm³/mol. The van der Waals surface area contributed by atoms with Gasteiger partial charge in [0.25, 0.3) is 5.91 Å². The maximum absolute atomic E-state index is 13.2. The van der Waals surface area contributed by atoms with E-state index in [9.17, 15) is 14.4 Å². The largest absolute Gasteiger partial charge is 0.481 e. The van der Waals surface area contributed by atoms with Crippen molar-refractivity contribution in [3.8, 4) is 11.3 Å². The molecule has 0 radical (unpaired) electrons. The summed E-state index contributed by atoms with van der Waals surface area (Å²) in [5, 5.41) is 15.7. The van der Waals surface area contributed by atoms with Crippen LogP contribution in [0.2, 0.25) is 0 Å². The lowest BCUT2D eigenvalue weighted by Crippen LogP contribution is -2.35. The molecule has 0 fully saturated rings. The Bertz CT molecular complexity index is 1480. The number of fused-ring (bicyclic) bond motifs is 2. The number of para-hydroxylation sites is 1. The van der Waals surface area contributed by atoms with Gasteiger partial charge in [-0.15, -0.1) is 0 Å². The number of hydrogen-bond donors (Lipinski definition) is 3. The van der Waals surface area contributed by atoms with Crippen LogP contribution in [-0.2, 0) is 16.0 Å². The van der Waals surface area contributed by atoms with Gasteiger partial charge in [-0.2, -0.15) is 0 Å². The number of nitrogens with zero attached hydrogens (tertiary/aromatic N) is 1. The molecule has 186 valence electrons.